The number of aromatic nitrogens is 2. The number of hydrogen-bond acceptors (Lipinski definition) is 5. The largest absolute Gasteiger partial charge is 0.323 e. The van der Waals surface area contributed by atoms with Gasteiger partial charge in [-0.05, 0) is 44.0 Å². The van der Waals surface area contributed by atoms with Crippen molar-refractivity contribution >= 4 is 33.8 Å². The molecule has 2 aromatic rings. The molecular formula is C17H23ClN4O3S. The van der Waals surface area contributed by atoms with Crippen molar-refractivity contribution in [2.45, 2.75) is 24.2 Å². The summed E-state index contributed by atoms with van der Waals surface area (Å²) in [4.78, 5) is 12.3. The fraction of sp³-hybridized carbons (Fsp3) is 0.412. The van der Waals surface area contributed by atoms with Crippen LogP contribution in [-0.4, -0.2) is 43.5 Å². The lowest BCUT2D eigenvalue weighted by Gasteiger charge is -2.08. The van der Waals surface area contributed by atoms with E-state index >= 15 is 0 Å². The lowest BCUT2D eigenvalue weighted by Crippen LogP contribution is -2.14. The van der Waals surface area contributed by atoms with Gasteiger partial charge in [-0.2, -0.15) is 5.10 Å². The van der Waals surface area contributed by atoms with Crippen LogP contribution in [0.3, 0.4) is 0 Å². The number of amides is 1. The predicted molar refractivity (Wildman–Crippen MR) is 103 cm³/mol. The van der Waals surface area contributed by atoms with Gasteiger partial charge in [0.05, 0.1) is 28.7 Å². The second kappa shape index (κ2) is 8.66. The quantitative estimate of drug-likeness (QED) is 0.776. The van der Waals surface area contributed by atoms with Crippen LogP contribution in [-0.2, 0) is 14.6 Å². The highest BCUT2D eigenvalue weighted by atomic mass is 35.5. The molecule has 1 fully saturated rings. The van der Waals surface area contributed by atoms with Gasteiger partial charge in [-0.1, -0.05) is 12.1 Å². The van der Waals surface area contributed by atoms with Gasteiger partial charge in [-0.3, -0.25) is 4.79 Å². The van der Waals surface area contributed by atoms with Crippen LogP contribution in [0.5, 0.6) is 0 Å². The number of para-hydroxylation sites is 1. The van der Waals surface area contributed by atoms with E-state index in [2.05, 4.69) is 15.7 Å². The normalized spacial score (nSPS) is 16.9. The molecule has 7 nitrogen and oxygen atoms in total. The Morgan fingerprint density at radius 1 is 1.38 bits per heavy atom. The van der Waals surface area contributed by atoms with E-state index in [1.165, 1.54) is 10.9 Å². The van der Waals surface area contributed by atoms with Crippen LogP contribution >= 0.6 is 12.4 Å². The van der Waals surface area contributed by atoms with E-state index in [0.717, 1.165) is 32.2 Å². The van der Waals surface area contributed by atoms with Gasteiger partial charge in [0.25, 0.3) is 0 Å². The van der Waals surface area contributed by atoms with Crippen LogP contribution in [0.2, 0.25) is 0 Å². The Hall–Kier alpha value is -1.90. The zero-order valence-corrected chi connectivity index (χ0v) is 16.1. The molecule has 2 N–H and O–H groups in total. The van der Waals surface area contributed by atoms with E-state index < -0.39 is 9.84 Å². The number of sulfone groups is 1. The molecule has 1 aliphatic heterocycles. The van der Waals surface area contributed by atoms with E-state index in [1.54, 1.807) is 30.5 Å². The van der Waals surface area contributed by atoms with Gasteiger partial charge < -0.3 is 10.6 Å². The molecule has 1 saturated heterocycles. The second-order valence-electron chi connectivity index (χ2n) is 6.36. The SMILES string of the molecule is CS(=O)(=O)c1ccccc1-n1cc(NC(=O)CCC2CCNC2)cn1.Cl. The lowest BCUT2D eigenvalue weighted by atomic mass is 10.0. The van der Waals surface area contributed by atoms with E-state index in [-0.39, 0.29) is 23.2 Å². The van der Waals surface area contributed by atoms with Crippen molar-refractivity contribution in [2.24, 2.45) is 5.92 Å². The summed E-state index contributed by atoms with van der Waals surface area (Å²) in [6.07, 6.45) is 6.76. The van der Waals surface area contributed by atoms with Crippen molar-refractivity contribution in [1.82, 2.24) is 15.1 Å². The lowest BCUT2D eigenvalue weighted by molar-refractivity contribution is -0.116. The number of rotatable bonds is 6. The Morgan fingerprint density at radius 3 is 2.85 bits per heavy atom. The molecule has 1 atom stereocenters. The van der Waals surface area contributed by atoms with Gasteiger partial charge in [-0.25, -0.2) is 13.1 Å². The minimum atomic E-state index is -3.37. The van der Waals surface area contributed by atoms with Crippen LogP contribution in [0.4, 0.5) is 5.69 Å². The number of carbonyl (C=O) groups excluding carboxylic acids is 1. The summed E-state index contributed by atoms with van der Waals surface area (Å²) in [6, 6.07) is 6.64. The molecule has 0 aliphatic carbocycles. The summed E-state index contributed by atoms with van der Waals surface area (Å²) in [5.74, 6) is 0.512. The molecule has 0 saturated carbocycles. The molecule has 3 rings (SSSR count). The van der Waals surface area contributed by atoms with Crippen LogP contribution < -0.4 is 10.6 Å². The third-order valence-corrected chi connectivity index (χ3v) is 5.46. The van der Waals surface area contributed by atoms with E-state index in [1.807, 2.05) is 0 Å². The molecule has 1 aliphatic rings. The third kappa shape index (κ3) is 5.06. The smallest absolute Gasteiger partial charge is 0.224 e. The van der Waals surface area contributed by atoms with Crippen LogP contribution in [0.1, 0.15) is 19.3 Å². The molecule has 1 aromatic heterocycles. The van der Waals surface area contributed by atoms with Gasteiger partial charge >= 0.3 is 0 Å². The zero-order chi connectivity index (χ0) is 17.9. The van der Waals surface area contributed by atoms with Gasteiger partial charge in [0, 0.05) is 12.7 Å². The molecule has 1 amide bonds. The summed E-state index contributed by atoms with van der Waals surface area (Å²) in [7, 11) is -3.37. The van der Waals surface area contributed by atoms with Crippen LogP contribution in [0.15, 0.2) is 41.6 Å². The first-order chi connectivity index (χ1) is 11.9. The van der Waals surface area contributed by atoms with Crippen molar-refractivity contribution in [1.29, 1.82) is 0 Å². The molecule has 0 radical (unpaired) electrons. The zero-order valence-electron chi connectivity index (χ0n) is 14.5. The van der Waals surface area contributed by atoms with Crippen molar-refractivity contribution in [3.05, 3.63) is 36.7 Å². The molecule has 0 bridgehead atoms. The number of benzene rings is 1. The fourth-order valence-corrected chi connectivity index (χ4v) is 3.87. The van der Waals surface area contributed by atoms with Crippen molar-refractivity contribution in [2.75, 3.05) is 24.7 Å². The van der Waals surface area contributed by atoms with Crippen molar-refractivity contribution in [3.8, 4) is 5.69 Å². The maximum atomic E-state index is 12.1. The Bertz CT molecular complexity index is 860. The summed E-state index contributed by atoms with van der Waals surface area (Å²) >= 11 is 0. The Kier molecular flexibility index (Phi) is 6.80. The number of nitrogens with zero attached hydrogens (tertiary/aromatic N) is 2. The fourth-order valence-electron chi connectivity index (χ4n) is 3.00. The Labute approximate surface area is 159 Å². The molecule has 26 heavy (non-hydrogen) atoms. The molecule has 1 aromatic carbocycles. The highest BCUT2D eigenvalue weighted by Crippen LogP contribution is 2.21. The summed E-state index contributed by atoms with van der Waals surface area (Å²) in [6.45, 7) is 2.01. The standard InChI is InChI=1S/C17H22N4O3S.ClH/c1-25(23,24)16-5-3-2-4-15(16)21-12-14(11-19-21)20-17(22)7-6-13-8-9-18-10-13;/h2-5,11-13,18H,6-10H2,1H3,(H,20,22);1H. The highest BCUT2D eigenvalue weighted by Gasteiger charge is 2.17. The van der Waals surface area contributed by atoms with E-state index in [0.29, 0.717) is 23.7 Å². The van der Waals surface area contributed by atoms with E-state index in [4.69, 9.17) is 0 Å². The maximum Gasteiger partial charge on any atom is 0.224 e. The van der Waals surface area contributed by atoms with Crippen LogP contribution in [0, 0.1) is 5.92 Å². The number of halogens is 1. The molecule has 9 heteroatoms. The van der Waals surface area contributed by atoms with Gasteiger partial charge in [0.1, 0.15) is 0 Å². The van der Waals surface area contributed by atoms with E-state index in [9.17, 15) is 13.2 Å². The maximum absolute atomic E-state index is 12.1. The van der Waals surface area contributed by atoms with Crippen molar-refractivity contribution in [3.63, 3.8) is 0 Å². The van der Waals surface area contributed by atoms with Gasteiger partial charge in [-0.15, -0.1) is 12.4 Å². The first kappa shape index (κ1) is 20.4. The molecule has 2 heterocycles. The minimum Gasteiger partial charge on any atom is -0.323 e. The summed E-state index contributed by atoms with van der Waals surface area (Å²) < 4.78 is 25.3. The predicted octanol–water partition coefficient (Wildman–Crippen LogP) is 2.03. The molecule has 1 unspecified atom stereocenters. The third-order valence-electron chi connectivity index (χ3n) is 4.32. The number of carbonyl (C=O) groups is 1. The van der Waals surface area contributed by atoms with Crippen LogP contribution in [0.25, 0.3) is 5.69 Å². The average Bonchev–Trinajstić information content (AvgIpc) is 3.24. The summed E-state index contributed by atoms with van der Waals surface area (Å²) in [5.41, 5.74) is 1.01. The average molecular weight is 399 g/mol. The Morgan fingerprint density at radius 2 is 2.15 bits per heavy atom. The molecule has 142 valence electrons. The van der Waals surface area contributed by atoms with Gasteiger partial charge in [0.2, 0.25) is 5.91 Å². The molecular weight excluding hydrogens is 376 g/mol. The number of hydrogen-bond donors (Lipinski definition) is 2. The summed E-state index contributed by atoms with van der Waals surface area (Å²) in [5, 5.41) is 10.3. The number of nitrogens with one attached hydrogen (secondary N) is 2. The monoisotopic (exact) mass is 398 g/mol. The first-order valence-electron chi connectivity index (χ1n) is 8.28. The minimum absolute atomic E-state index is 0. The Balaban J connectivity index is 0.00000243. The number of anilines is 1. The van der Waals surface area contributed by atoms with Crippen molar-refractivity contribution < 1.29 is 13.2 Å². The van der Waals surface area contributed by atoms with Gasteiger partial charge in [0.15, 0.2) is 9.84 Å². The molecule has 0 spiro atoms. The highest BCUT2D eigenvalue weighted by molar-refractivity contribution is 7.90. The first-order valence-corrected chi connectivity index (χ1v) is 10.2. The second-order valence-corrected chi connectivity index (χ2v) is 8.34. The topological polar surface area (TPSA) is 93.1 Å².